The average molecular weight is 450 g/mol. The molecular weight excluding hydrogens is 429 g/mol. The van der Waals surface area contributed by atoms with Gasteiger partial charge in [0.25, 0.3) is 0 Å². The summed E-state index contributed by atoms with van der Waals surface area (Å²) in [5.74, 6) is -1.66. The van der Waals surface area contributed by atoms with Crippen molar-refractivity contribution >= 4 is 23.4 Å². The SMILES string of the molecule is COC(=O)N1CC[C@]2(NN(C(=O)C(F)(F)F)c3ccc(OC)cc3)c3ccccc3NC12. The van der Waals surface area contributed by atoms with E-state index in [-0.39, 0.29) is 18.7 Å². The second-order valence-corrected chi connectivity index (χ2v) is 7.43. The number of carbonyl (C=O) groups excluding carboxylic acids is 2. The van der Waals surface area contributed by atoms with E-state index in [0.29, 0.717) is 22.0 Å². The maximum Gasteiger partial charge on any atom is 0.473 e. The van der Waals surface area contributed by atoms with Crippen LogP contribution in [0.4, 0.5) is 29.3 Å². The molecule has 4 rings (SSSR count). The number of fused-ring (bicyclic) bond motifs is 3. The molecule has 2 atom stereocenters. The maximum absolute atomic E-state index is 13.5. The van der Waals surface area contributed by atoms with Gasteiger partial charge in [-0.25, -0.2) is 15.2 Å². The summed E-state index contributed by atoms with van der Waals surface area (Å²) in [5.41, 5.74) is 2.89. The molecule has 0 bridgehead atoms. The molecule has 1 fully saturated rings. The Labute approximate surface area is 181 Å². The smallest absolute Gasteiger partial charge is 0.473 e. The van der Waals surface area contributed by atoms with Gasteiger partial charge in [0, 0.05) is 17.8 Å². The van der Waals surface area contributed by atoms with Gasteiger partial charge in [0.05, 0.1) is 19.9 Å². The minimum absolute atomic E-state index is 0.0258. The lowest BCUT2D eigenvalue weighted by atomic mass is 9.89. The molecule has 1 saturated heterocycles. The van der Waals surface area contributed by atoms with Crippen LogP contribution in [0.2, 0.25) is 0 Å². The number of halogens is 3. The summed E-state index contributed by atoms with van der Waals surface area (Å²) in [4.78, 5) is 26.2. The number of carbonyl (C=O) groups is 2. The molecule has 2 aliphatic heterocycles. The molecule has 2 heterocycles. The number of nitrogens with zero attached hydrogens (tertiary/aromatic N) is 2. The van der Waals surface area contributed by atoms with E-state index in [2.05, 4.69) is 10.7 Å². The van der Waals surface area contributed by atoms with Crippen molar-refractivity contribution < 1.29 is 32.2 Å². The van der Waals surface area contributed by atoms with Crippen molar-refractivity contribution in [1.29, 1.82) is 0 Å². The van der Waals surface area contributed by atoms with Crippen LogP contribution in [0.1, 0.15) is 12.0 Å². The van der Waals surface area contributed by atoms with E-state index in [1.807, 2.05) is 0 Å². The fraction of sp³-hybridized carbons (Fsp3) is 0.333. The highest BCUT2D eigenvalue weighted by Gasteiger charge is 2.58. The number of hydrazine groups is 1. The Hall–Kier alpha value is -3.47. The zero-order valence-corrected chi connectivity index (χ0v) is 17.3. The van der Waals surface area contributed by atoms with Crippen LogP contribution >= 0.6 is 0 Å². The van der Waals surface area contributed by atoms with Crippen molar-refractivity contribution in [3.05, 3.63) is 54.1 Å². The number of ether oxygens (including phenoxy) is 2. The zero-order chi connectivity index (χ0) is 23.1. The molecule has 8 nitrogen and oxygen atoms in total. The molecule has 0 radical (unpaired) electrons. The lowest BCUT2D eigenvalue weighted by Crippen LogP contribution is -2.62. The molecule has 1 unspecified atom stereocenters. The fourth-order valence-corrected chi connectivity index (χ4v) is 4.24. The zero-order valence-electron chi connectivity index (χ0n) is 17.3. The van der Waals surface area contributed by atoms with Gasteiger partial charge in [-0.3, -0.25) is 9.69 Å². The molecule has 2 aliphatic rings. The van der Waals surface area contributed by atoms with Crippen molar-refractivity contribution in [3.63, 3.8) is 0 Å². The number of alkyl halides is 3. The van der Waals surface area contributed by atoms with Crippen molar-refractivity contribution in [3.8, 4) is 5.75 Å². The predicted octanol–water partition coefficient (Wildman–Crippen LogP) is 3.21. The second-order valence-electron chi connectivity index (χ2n) is 7.43. The largest absolute Gasteiger partial charge is 0.497 e. The maximum atomic E-state index is 13.5. The molecule has 0 aromatic heterocycles. The standard InChI is InChI=1S/C21H21F3N4O4/c1-31-14-9-7-13(8-10-14)28(18(29)21(22,23)24)26-20-11-12-27(19(30)32-2)17(20)25-16-6-4-3-5-15(16)20/h3-10,17,25-26H,11-12H2,1-2H3/t17?,20-/m0/s1. The number of rotatable bonds is 4. The summed E-state index contributed by atoms with van der Waals surface area (Å²) in [6, 6.07) is 12.6. The van der Waals surface area contributed by atoms with Gasteiger partial charge in [0.15, 0.2) is 0 Å². The van der Waals surface area contributed by atoms with Gasteiger partial charge in [-0.05, 0) is 36.8 Å². The number of para-hydroxylation sites is 1. The van der Waals surface area contributed by atoms with Gasteiger partial charge in [0.1, 0.15) is 17.5 Å². The normalized spacial score (nSPS) is 21.4. The van der Waals surface area contributed by atoms with Crippen LogP contribution in [-0.2, 0) is 15.1 Å². The van der Waals surface area contributed by atoms with Gasteiger partial charge < -0.3 is 14.8 Å². The summed E-state index contributed by atoms with van der Waals surface area (Å²) in [6.45, 7) is 0.211. The van der Waals surface area contributed by atoms with E-state index in [4.69, 9.17) is 9.47 Å². The summed E-state index contributed by atoms with van der Waals surface area (Å²) in [5, 5.41) is 3.66. The topological polar surface area (TPSA) is 83.1 Å². The van der Waals surface area contributed by atoms with Gasteiger partial charge in [-0.1, -0.05) is 18.2 Å². The number of likely N-dealkylation sites (tertiary alicyclic amines) is 1. The first-order valence-corrected chi connectivity index (χ1v) is 9.75. The van der Waals surface area contributed by atoms with Crippen molar-refractivity contribution in [2.24, 2.45) is 0 Å². The number of benzene rings is 2. The molecule has 11 heteroatoms. The Balaban J connectivity index is 1.79. The van der Waals surface area contributed by atoms with Crippen LogP contribution in [0, 0.1) is 0 Å². The first-order valence-electron chi connectivity index (χ1n) is 9.75. The molecular formula is C21H21F3N4O4. The van der Waals surface area contributed by atoms with Crippen molar-refractivity contribution in [2.75, 3.05) is 31.1 Å². The first-order chi connectivity index (χ1) is 15.2. The monoisotopic (exact) mass is 450 g/mol. The third-order valence-electron chi connectivity index (χ3n) is 5.72. The molecule has 0 spiro atoms. The molecule has 170 valence electrons. The minimum atomic E-state index is -5.13. The summed E-state index contributed by atoms with van der Waals surface area (Å²) in [7, 11) is 2.66. The van der Waals surface area contributed by atoms with Crippen LogP contribution in [0.25, 0.3) is 0 Å². The fourth-order valence-electron chi connectivity index (χ4n) is 4.24. The van der Waals surface area contributed by atoms with Gasteiger partial charge >= 0.3 is 18.2 Å². The van der Waals surface area contributed by atoms with Crippen LogP contribution < -0.4 is 20.5 Å². The van der Waals surface area contributed by atoms with Crippen LogP contribution in [0.3, 0.4) is 0 Å². The highest BCUT2D eigenvalue weighted by molar-refractivity contribution is 5.96. The first kappa shape index (κ1) is 21.8. The highest BCUT2D eigenvalue weighted by atomic mass is 19.4. The van der Waals surface area contributed by atoms with Gasteiger partial charge in [-0.2, -0.15) is 13.2 Å². The summed E-state index contributed by atoms with van der Waals surface area (Å²) >= 11 is 0. The average Bonchev–Trinajstić information content (AvgIpc) is 3.30. The van der Waals surface area contributed by atoms with Crippen molar-refractivity contribution in [2.45, 2.75) is 24.3 Å². The number of amides is 2. The Morgan fingerprint density at radius 3 is 2.47 bits per heavy atom. The number of methoxy groups -OCH3 is 2. The molecule has 0 saturated carbocycles. The Morgan fingerprint density at radius 2 is 1.84 bits per heavy atom. The number of hydrogen-bond acceptors (Lipinski definition) is 6. The third-order valence-corrected chi connectivity index (χ3v) is 5.72. The van der Waals surface area contributed by atoms with Crippen LogP contribution in [-0.4, -0.2) is 50.0 Å². The van der Waals surface area contributed by atoms with Crippen molar-refractivity contribution in [1.82, 2.24) is 10.3 Å². The summed E-state index contributed by atoms with van der Waals surface area (Å²) in [6.07, 6.45) is -6.29. The Morgan fingerprint density at radius 1 is 1.16 bits per heavy atom. The third kappa shape index (κ3) is 3.48. The van der Waals surface area contributed by atoms with Gasteiger partial charge in [0.2, 0.25) is 0 Å². The number of hydrogen-bond donors (Lipinski definition) is 2. The Bertz CT molecular complexity index is 1030. The lowest BCUT2D eigenvalue weighted by Gasteiger charge is -2.38. The molecule has 0 aliphatic carbocycles. The summed E-state index contributed by atoms with van der Waals surface area (Å²) < 4.78 is 50.5. The second kappa shape index (κ2) is 7.90. The predicted molar refractivity (Wildman–Crippen MR) is 109 cm³/mol. The lowest BCUT2D eigenvalue weighted by molar-refractivity contribution is -0.171. The molecule has 2 aromatic carbocycles. The minimum Gasteiger partial charge on any atom is -0.497 e. The van der Waals surface area contributed by atoms with E-state index in [0.717, 1.165) is 0 Å². The molecule has 2 amide bonds. The van der Waals surface area contributed by atoms with E-state index < -0.39 is 29.9 Å². The Kier molecular flexibility index (Phi) is 5.37. The van der Waals surface area contributed by atoms with E-state index >= 15 is 0 Å². The van der Waals surface area contributed by atoms with E-state index in [1.165, 1.54) is 43.4 Å². The number of anilines is 2. The molecule has 2 N–H and O–H groups in total. The van der Waals surface area contributed by atoms with Crippen LogP contribution in [0.5, 0.6) is 5.75 Å². The molecule has 2 aromatic rings. The highest BCUT2D eigenvalue weighted by Crippen LogP contribution is 2.47. The van der Waals surface area contributed by atoms with Gasteiger partial charge in [-0.15, -0.1) is 0 Å². The quantitative estimate of drug-likeness (QED) is 0.697. The van der Waals surface area contributed by atoms with Crippen LogP contribution in [0.15, 0.2) is 48.5 Å². The molecule has 32 heavy (non-hydrogen) atoms. The number of nitrogens with one attached hydrogen (secondary N) is 2. The van der Waals surface area contributed by atoms with E-state index in [1.54, 1.807) is 24.3 Å². The van der Waals surface area contributed by atoms with E-state index in [9.17, 15) is 22.8 Å².